The van der Waals surface area contributed by atoms with Gasteiger partial charge in [-0.3, -0.25) is 4.79 Å². The Morgan fingerprint density at radius 1 is 1.21 bits per heavy atom. The number of nitrogens with zero attached hydrogens (tertiary/aromatic N) is 3. The van der Waals surface area contributed by atoms with Crippen LogP contribution >= 0.6 is 11.3 Å². The molecule has 148 valence electrons. The van der Waals surface area contributed by atoms with Crippen molar-refractivity contribution < 1.29 is 17.6 Å². The predicted molar refractivity (Wildman–Crippen MR) is 107 cm³/mol. The van der Waals surface area contributed by atoms with E-state index in [9.17, 15) is 13.2 Å². The first-order valence-electron chi connectivity index (χ1n) is 8.66. The molecule has 0 saturated carbocycles. The van der Waals surface area contributed by atoms with Crippen LogP contribution in [-0.4, -0.2) is 42.7 Å². The second kappa shape index (κ2) is 8.24. The van der Waals surface area contributed by atoms with Gasteiger partial charge in [0.15, 0.2) is 9.84 Å². The molecule has 0 spiro atoms. The average Bonchev–Trinajstić information content (AvgIpc) is 3.35. The second-order valence-corrected chi connectivity index (χ2v) is 9.33. The van der Waals surface area contributed by atoms with Crippen LogP contribution < -0.4 is 0 Å². The molecular formula is C19H21N3O4S2. The topological polar surface area (TPSA) is 93.4 Å². The minimum absolute atomic E-state index is 0.0602. The zero-order chi connectivity index (χ0) is 20.3. The normalized spacial score (nSPS) is 12.7. The smallest absolute Gasteiger partial charge is 0.248 e. The molecule has 28 heavy (non-hydrogen) atoms. The molecule has 7 nitrogen and oxygen atoms in total. The number of aromatic nitrogens is 2. The van der Waals surface area contributed by atoms with E-state index in [1.54, 1.807) is 47.5 Å². The zero-order valence-electron chi connectivity index (χ0n) is 15.8. The van der Waals surface area contributed by atoms with Crippen LogP contribution in [0.2, 0.25) is 0 Å². The largest absolute Gasteiger partial charge is 0.421 e. The monoisotopic (exact) mass is 419 g/mol. The summed E-state index contributed by atoms with van der Waals surface area (Å²) >= 11 is 1.55. The number of carbonyl (C=O) groups excluding carboxylic acids is 1. The summed E-state index contributed by atoms with van der Waals surface area (Å²) in [7, 11) is -1.51. The summed E-state index contributed by atoms with van der Waals surface area (Å²) < 4.78 is 28.7. The van der Waals surface area contributed by atoms with E-state index in [0.717, 1.165) is 11.1 Å². The van der Waals surface area contributed by atoms with E-state index in [1.807, 2.05) is 23.8 Å². The molecule has 0 radical (unpaired) electrons. The lowest BCUT2D eigenvalue weighted by Gasteiger charge is -2.25. The van der Waals surface area contributed by atoms with Gasteiger partial charge in [-0.1, -0.05) is 12.1 Å². The Kier molecular flexibility index (Phi) is 5.95. The molecule has 0 aliphatic carbocycles. The molecule has 1 atom stereocenters. The van der Waals surface area contributed by atoms with E-state index in [-0.39, 0.29) is 23.3 Å². The van der Waals surface area contributed by atoms with Crippen LogP contribution in [0.15, 0.2) is 50.4 Å². The molecule has 2 aromatic heterocycles. The Hall–Kier alpha value is -2.52. The summed E-state index contributed by atoms with van der Waals surface area (Å²) in [6.07, 6.45) is 1.77. The average molecular weight is 420 g/mol. The lowest BCUT2D eigenvalue weighted by molar-refractivity contribution is -0.131. The number of amides is 1. The van der Waals surface area contributed by atoms with E-state index >= 15 is 0 Å². The van der Waals surface area contributed by atoms with Crippen LogP contribution in [0.4, 0.5) is 0 Å². The Bertz CT molecular complexity index is 1040. The minimum atomic E-state index is -3.24. The molecule has 1 unspecified atom stereocenters. The number of benzene rings is 1. The van der Waals surface area contributed by atoms with Gasteiger partial charge in [0.1, 0.15) is 0 Å². The van der Waals surface area contributed by atoms with Crippen LogP contribution in [-0.2, 0) is 21.1 Å². The Labute approximate surface area is 167 Å². The van der Waals surface area contributed by atoms with Crippen LogP contribution in [0.3, 0.4) is 0 Å². The maximum absolute atomic E-state index is 12.5. The van der Waals surface area contributed by atoms with Crippen LogP contribution in [0.5, 0.6) is 0 Å². The van der Waals surface area contributed by atoms with Crippen molar-refractivity contribution in [1.82, 2.24) is 15.1 Å². The van der Waals surface area contributed by atoms with E-state index in [1.165, 1.54) is 6.26 Å². The predicted octanol–water partition coefficient (Wildman–Crippen LogP) is 3.35. The molecule has 1 aromatic carbocycles. The van der Waals surface area contributed by atoms with Gasteiger partial charge in [-0.15, -0.1) is 10.2 Å². The quantitative estimate of drug-likeness (QED) is 0.583. The Morgan fingerprint density at radius 2 is 1.93 bits per heavy atom. The molecule has 0 aliphatic rings. The van der Waals surface area contributed by atoms with Gasteiger partial charge < -0.3 is 9.32 Å². The number of hydrogen-bond donors (Lipinski definition) is 0. The summed E-state index contributed by atoms with van der Waals surface area (Å²) in [6.45, 7) is 1.90. The third-order valence-corrected chi connectivity index (χ3v) is 6.36. The van der Waals surface area contributed by atoms with Crippen LogP contribution in [0, 0.1) is 0 Å². The van der Waals surface area contributed by atoms with Gasteiger partial charge in [0.05, 0.1) is 10.9 Å². The molecule has 0 saturated heterocycles. The maximum Gasteiger partial charge on any atom is 0.248 e. The van der Waals surface area contributed by atoms with Gasteiger partial charge in [0.25, 0.3) is 0 Å². The first-order chi connectivity index (χ1) is 13.3. The van der Waals surface area contributed by atoms with E-state index < -0.39 is 9.84 Å². The molecule has 2 heterocycles. The number of carbonyl (C=O) groups is 1. The molecule has 0 aliphatic heterocycles. The van der Waals surface area contributed by atoms with Crippen molar-refractivity contribution in [2.45, 2.75) is 30.7 Å². The van der Waals surface area contributed by atoms with Crippen molar-refractivity contribution in [3.05, 3.63) is 52.5 Å². The number of hydrogen-bond acceptors (Lipinski definition) is 7. The third kappa shape index (κ3) is 4.66. The maximum atomic E-state index is 12.5. The number of rotatable bonds is 7. The van der Waals surface area contributed by atoms with Crippen molar-refractivity contribution in [3.63, 3.8) is 0 Å². The summed E-state index contributed by atoms with van der Waals surface area (Å²) in [5, 5.41) is 11.9. The van der Waals surface area contributed by atoms with Crippen molar-refractivity contribution in [2.24, 2.45) is 0 Å². The van der Waals surface area contributed by atoms with Crippen LogP contribution in [0.25, 0.3) is 11.5 Å². The second-order valence-electron chi connectivity index (χ2n) is 6.53. The fourth-order valence-corrected chi connectivity index (χ4v) is 3.94. The Morgan fingerprint density at radius 3 is 2.54 bits per heavy atom. The zero-order valence-corrected chi connectivity index (χ0v) is 17.5. The number of thiophene rings is 1. The van der Waals surface area contributed by atoms with Gasteiger partial charge >= 0.3 is 0 Å². The molecule has 1 amide bonds. The standard InChI is InChI=1S/C19H21N3O4S2/c1-13(14-4-6-16(7-5-14)28(3,24)25)22(2)18(23)9-8-17-20-21-19(26-17)15-10-11-27-12-15/h4-7,10-13H,8-9H2,1-3H3. The van der Waals surface area contributed by atoms with Gasteiger partial charge in [-0.05, 0) is 36.1 Å². The fraction of sp³-hybridized carbons (Fsp3) is 0.316. The summed E-state index contributed by atoms with van der Waals surface area (Å²) in [5.41, 5.74) is 1.74. The summed E-state index contributed by atoms with van der Waals surface area (Å²) in [6, 6.07) is 8.29. The van der Waals surface area contributed by atoms with E-state index in [4.69, 9.17) is 4.42 Å². The molecule has 0 bridgehead atoms. The number of aryl methyl sites for hydroxylation is 1. The minimum Gasteiger partial charge on any atom is -0.421 e. The van der Waals surface area contributed by atoms with Gasteiger partial charge in [-0.2, -0.15) is 11.3 Å². The summed E-state index contributed by atoms with van der Waals surface area (Å²) in [4.78, 5) is 14.4. The fourth-order valence-electron chi connectivity index (χ4n) is 2.68. The highest BCUT2D eigenvalue weighted by Crippen LogP contribution is 2.23. The molecule has 9 heteroatoms. The van der Waals surface area contributed by atoms with Crippen LogP contribution in [0.1, 0.15) is 30.8 Å². The Balaban J connectivity index is 1.59. The molecule has 0 N–H and O–H groups in total. The highest BCUT2D eigenvalue weighted by molar-refractivity contribution is 7.90. The first kappa shape index (κ1) is 20.2. The van der Waals surface area contributed by atoms with Crippen molar-refractivity contribution in [2.75, 3.05) is 13.3 Å². The SMILES string of the molecule is CC(c1ccc(S(C)(=O)=O)cc1)N(C)C(=O)CCc1nnc(-c2ccsc2)o1. The highest BCUT2D eigenvalue weighted by Gasteiger charge is 2.19. The van der Waals surface area contributed by atoms with Crippen molar-refractivity contribution >= 4 is 27.1 Å². The highest BCUT2D eigenvalue weighted by atomic mass is 32.2. The van der Waals surface area contributed by atoms with Crippen molar-refractivity contribution in [3.8, 4) is 11.5 Å². The molecular weight excluding hydrogens is 398 g/mol. The summed E-state index contributed by atoms with van der Waals surface area (Å²) in [5.74, 6) is 0.819. The van der Waals surface area contributed by atoms with Crippen molar-refractivity contribution in [1.29, 1.82) is 0 Å². The number of sulfone groups is 1. The lowest BCUT2D eigenvalue weighted by Crippen LogP contribution is -2.29. The van der Waals surface area contributed by atoms with Gasteiger partial charge in [0.2, 0.25) is 17.7 Å². The molecule has 0 fully saturated rings. The third-order valence-electron chi connectivity index (χ3n) is 4.55. The lowest BCUT2D eigenvalue weighted by atomic mass is 10.1. The van der Waals surface area contributed by atoms with E-state index in [0.29, 0.717) is 18.2 Å². The van der Waals surface area contributed by atoms with Gasteiger partial charge in [-0.25, -0.2) is 8.42 Å². The first-order valence-corrected chi connectivity index (χ1v) is 11.5. The molecule has 3 rings (SSSR count). The molecule has 3 aromatic rings. The van der Waals surface area contributed by atoms with E-state index in [2.05, 4.69) is 10.2 Å². The van der Waals surface area contributed by atoms with Gasteiger partial charge in [0, 0.05) is 37.1 Å².